The van der Waals surface area contributed by atoms with Gasteiger partial charge < -0.3 is 20.1 Å². The lowest BCUT2D eigenvalue weighted by atomic mass is 10.0. The predicted octanol–water partition coefficient (Wildman–Crippen LogP) is 13.8. The van der Waals surface area contributed by atoms with Crippen molar-refractivity contribution in [1.29, 1.82) is 0 Å². The number of carbonyl (C=O) groups excluding carboxylic acids is 2. The molecule has 10 heteroatoms. The zero-order chi connectivity index (χ0) is 41.1. The van der Waals surface area contributed by atoms with Gasteiger partial charge in [0.2, 0.25) is 0 Å². The van der Waals surface area contributed by atoms with Gasteiger partial charge >= 0.3 is 19.8 Å². The molecule has 0 fully saturated rings. The predicted molar refractivity (Wildman–Crippen MR) is 234 cm³/mol. The Labute approximate surface area is 345 Å². The zero-order valence-corrected chi connectivity index (χ0v) is 37.5. The van der Waals surface area contributed by atoms with Crippen molar-refractivity contribution in [2.24, 2.45) is 5.73 Å². The van der Waals surface area contributed by atoms with Crippen molar-refractivity contribution in [2.75, 3.05) is 26.4 Å². The van der Waals surface area contributed by atoms with E-state index in [1.54, 1.807) is 0 Å². The molecule has 0 aromatic carbocycles. The van der Waals surface area contributed by atoms with Crippen LogP contribution in [0.5, 0.6) is 0 Å². The number of esters is 2. The van der Waals surface area contributed by atoms with Gasteiger partial charge in [0, 0.05) is 19.4 Å². The molecule has 2 atom stereocenters. The fraction of sp³-hybridized carbons (Fsp3) is 0.913. The first kappa shape index (κ1) is 54.8. The minimum atomic E-state index is -4.38. The van der Waals surface area contributed by atoms with E-state index < -0.39 is 32.5 Å². The molecule has 0 saturated heterocycles. The highest BCUT2D eigenvalue weighted by Crippen LogP contribution is 2.43. The van der Waals surface area contributed by atoms with E-state index in [0.717, 1.165) is 32.1 Å². The molecule has 0 aliphatic heterocycles. The molecule has 0 aromatic heterocycles. The van der Waals surface area contributed by atoms with Gasteiger partial charge in [-0.05, 0) is 38.5 Å². The van der Waals surface area contributed by atoms with Gasteiger partial charge in [-0.1, -0.05) is 199 Å². The van der Waals surface area contributed by atoms with Crippen LogP contribution in [0.25, 0.3) is 0 Å². The Morgan fingerprint density at radius 3 is 1.30 bits per heavy atom. The van der Waals surface area contributed by atoms with E-state index in [1.807, 2.05) is 0 Å². The number of ether oxygens (including phenoxy) is 2. The Bertz CT molecular complexity index is 933. The molecule has 0 radical (unpaired) electrons. The lowest BCUT2D eigenvalue weighted by molar-refractivity contribution is -0.161. The van der Waals surface area contributed by atoms with Crippen molar-refractivity contribution >= 4 is 19.8 Å². The third-order valence-electron chi connectivity index (χ3n) is 10.4. The molecule has 0 heterocycles. The van der Waals surface area contributed by atoms with E-state index in [0.29, 0.717) is 12.8 Å². The number of carbonyl (C=O) groups is 2. The highest BCUT2D eigenvalue weighted by atomic mass is 31.2. The molecule has 0 aromatic rings. The Hall–Kier alpha value is -1.25. The molecule has 0 bridgehead atoms. The SMILES string of the molecule is CCCCCCCCCCC/C=C/CCCCC(=O)OC[C@H](COP(=O)(O)OCCN)OC(=O)CCCCCCCCCCCCCCCCCCCCCC. The van der Waals surface area contributed by atoms with Crippen molar-refractivity contribution in [2.45, 2.75) is 245 Å². The van der Waals surface area contributed by atoms with Crippen molar-refractivity contribution in [3.8, 4) is 0 Å². The lowest BCUT2D eigenvalue weighted by Gasteiger charge is -2.19. The topological polar surface area (TPSA) is 134 Å². The fourth-order valence-electron chi connectivity index (χ4n) is 6.87. The second-order valence-electron chi connectivity index (χ2n) is 16.0. The summed E-state index contributed by atoms with van der Waals surface area (Å²) in [6.45, 7) is 3.75. The van der Waals surface area contributed by atoms with Gasteiger partial charge in [0.1, 0.15) is 6.61 Å². The fourth-order valence-corrected chi connectivity index (χ4v) is 7.63. The van der Waals surface area contributed by atoms with E-state index in [1.165, 1.54) is 167 Å². The van der Waals surface area contributed by atoms with Crippen LogP contribution < -0.4 is 5.73 Å². The number of phosphoric acid groups is 1. The number of nitrogens with two attached hydrogens (primary N) is 1. The van der Waals surface area contributed by atoms with Crippen LogP contribution in [0.1, 0.15) is 239 Å². The number of allylic oxidation sites excluding steroid dienone is 2. The lowest BCUT2D eigenvalue weighted by Crippen LogP contribution is -2.29. The Balaban J connectivity index is 4.07. The van der Waals surface area contributed by atoms with Crippen molar-refractivity contribution < 1.29 is 37.6 Å². The zero-order valence-electron chi connectivity index (χ0n) is 36.6. The number of phosphoric ester groups is 1. The molecular formula is C46H90NO8P. The summed E-state index contributed by atoms with van der Waals surface area (Å²) in [7, 11) is -4.38. The first-order chi connectivity index (χ1) is 27.3. The summed E-state index contributed by atoms with van der Waals surface area (Å²) in [5.41, 5.74) is 5.35. The molecule has 1 unspecified atom stereocenters. The summed E-state index contributed by atoms with van der Waals surface area (Å²) >= 11 is 0. The number of unbranched alkanes of at least 4 members (excludes halogenated alkanes) is 30. The van der Waals surface area contributed by atoms with Crippen LogP contribution in [0.3, 0.4) is 0 Å². The van der Waals surface area contributed by atoms with E-state index in [2.05, 4.69) is 26.0 Å². The highest BCUT2D eigenvalue weighted by Gasteiger charge is 2.26. The molecule has 3 N–H and O–H groups in total. The summed E-state index contributed by atoms with van der Waals surface area (Å²) in [6, 6.07) is 0. The van der Waals surface area contributed by atoms with Gasteiger partial charge in [-0.3, -0.25) is 18.6 Å². The van der Waals surface area contributed by atoms with Crippen LogP contribution in [-0.2, 0) is 32.7 Å². The van der Waals surface area contributed by atoms with Gasteiger partial charge in [0.05, 0.1) is 13.2 Å². The minimum absolute atomic E-state index is 0.0541. The molecular weight excluding hydrogens is 725 g/mol. The normalized spacial score (nSPS) is 13.3. The maximum Gasteiger partial charge on any atom is 0.472 e. The van der Waals surface area contributed by atoms with Gasteiger partial charge in [-0.25, -0.2) is 4.57 Å². The third-order valence-corrected chi connectivity index (χ3v) is 11.4. The molecule has 332 valence electrons. The van der Waals surface area contributed by atoms with E-state index in [-0.39, 0.29) is 32.6 Å². The van der Waals surface area contributed by atoms with Gasteiger partial charge in [0.25, 0.3) is 0 Å². The smallest absolute Gasteiger partial charge is 0.462 e. The van der Waals surface area contributed by atoms with Crippen molar-refractivity contribution in [3.63, 3.8) is 0 Å². The van der Waals surface area contributed by atoms with Crippen molar-refractivity contribution in [3.05, 3.63) is 12.2 Å². The minimum Gasteiger partial charge on any atom is -0.462 e. The first-order valence-corrected chi connectivity index (χ1v) is 25.2. The van der Waals surface area contributed by atoms with Crippen molar-refractivity contribution in [1.82, 2.24) is 0 Å². The average Bonchev–Trinajstić information content (AvgIpc) is 3.18. The maximum atomic E-state index is 12.6. The molecule has 0 aliphatic rings. The Morgan fingerprint density at radius 2 is 0.875 bits per heavy atom. The van der Waals surface area contributed by atoms with Crippen LogP contribution >= 0.6 is 7.82 Å². The number of hydrogen-bond acceptors (Lipinski definition) is 8. The summed E-state index contributed by atoms with van der Waals surface area (Å²) in [5.74, 6) is -0.840. The second kappa shape index (κ2) is 43.3. The summed E-state index contributed by atoms with van der Waals surface area (Å²) in [5, 5.41) is 0. The quantitative estimate of drug-likeness (QED) is 0.0266. The molecule has 56 heavy (non-hydrogen) atoms. The summed E-state index contributed by atoms with van der Waals surface area (Å²) in [4.78, 5) is 34.9. The van der Waals surface area contributed by atoms with Crippen LogP contribution in [0.2, 0.25) is 0 Å². The van der Waals surface area contributed by atoms with Gasteiger partial charge in [0.15, 0.2) is 6.10 Å². The largest absolute Gasteiger partial charge is 0.472 e. The van der Waals surface area contributed by atoms with Crippen LogP contribution in [0.4, 0.5) is 0 Å². The monoisotopic (exact) mass is 816 g/mol. The van der Waals surface area contributed by atoms with Crippen LogP contribution in [0.15, 0.2) is 12.2 Å². The molecule has 0 amide bonds. The molecule has 0 spiro atoms. The van der Waals surface area contributed by atoms with Crippen LogP contribution in [-0.4, -0.2) is 49.3 Å². The van der Waals surface area contributed by atoms with E-state index in [4.69, 9.17) is 24.3 Å². The first-order valence-electron chi connectivity index (χ1n) is 23.7. The Morgan fingerprint density at radius 1 is 0.518 bits per heavy atom. The number of rotatable bonds is 45. The third kappa shape index (κ3) is 42.4. The molecule has 0 saturated carbocycles. The summed E-state index contributed by atoms with van der Waals surface area (Å²) in [6.07, 6.45) is 45.3. The van der Waals surface area contributed by atoms with E-state index >= 15 is 0 Å². The standard InChI is InChI=1S/C46H90NO8P/c1-3-5-7-9-11-13-15-17-19-20-21-22-23-25-27-29-31-33-35-37-39-46(49)55-44(43-54-56(50,51)53-41-40-47)42-52-45(48)38-36-34-32-30-28-26-24-18-16-14-12-10-8-6-4-2/h28,30,44H,3-27,29,31-43,47H2,1-2H3,(H,50,51)/b30-28+/t44-/m1/s1. The maximum absolute atomic E-state index is 12.6. The van der Waals surface area contributed by atoms with Gasteiger partial charge in [-0.2, -0.15) is 0 Å². The highest BCUT2D eigenvalue weighted by molar-refractivity contribution is 7.47. The number of hydrogen-bond donors (Lipinski definition) is 2. The van der Waals surface area contributed by atoms with E-state index in [9.17, 15) is 19.0 Å². The van der Waals surface area contributed by atoms with Crippen LogP contribution in [0, 0.1) is 0 Å². The second-order valence-corrected chi connectivity index (χ2v) is 17.4. The summed E-state index contributed by atoms with van der Waals surface area (Å²) < 4.78 is 32.8. The molecule has 0 rings (SSSR count). The molecule has 9 nitrogen and oxygen atoms in total. The van der Waals surface area contributed by atoms with Gasteiger partial charge in [-0.15, -0.1) is 0 Å². The average molecular weight is 816 g/mol. The Kier molecular flexibility index (Phi) is 42.4. The molecule has 0 aliphatic carbocycles.